The van der Waals surface area contributed by atoms with Gasteiger partial charge in [0, 0.05) is 12.6 Å². The molecule has 0 aliphatic carbocycles. The standard InChI is InChI=1S/C10H10N6O4/c17-10(18)8-6-15(14-13-8)4-3-11-9-2-1-7(5-12-9)16(19)20/h1-2,5-6H,3-4H2,(H,11,12)(H,17,18). The quantitative estimate of drug-likeness (QED) is 0.572. The molecule has 0 atom stereocenters. The second-order valence-electron chi connectivity index (χ2n) is 3.76. The van der Waals surface area contributed by atoms with Gasteiger partial charge >= 0.3 is 5.97 Å². The number of nitrogens with zero attached hydrogens (tertiary/aromatic N) is 5. The van der Waals surface area contributed by atoms with E-state index in [-0.39, 0.29) is 11.4 Å². The van der Waals surface area contributed by atoms with Gasteiger partial charge in [-0.2, -0.15) is 0 Å². The van der Waals surface area contributed by atoms with E-state index in [1.807, 2.05) is 0 Å². The molecule has 2 N–H and O–H groups in total. The van der Waals surface area contributed by atoms with Crippen molar-refractivity contribution < 1.29 is 14.8 Å². The van der Waals surface area contributed by atoms with Crippen LogP contribution >= 0.6 is 0 Å². The number of aromatic carboxylic acids is 1. The molecule has 0 fully saturated rings. The molecule has 2 aromatic rings. The summed E-state index contributed by atoms with van der Waals surface area (Å²) >= 11 is 0. The van der Waals surface area contributed by atoms with Crippen LogP contribution in [0.25, 0.3) is 0 Å². The molecule has 0 aromatic carbocycles. The first-order chi connectivity index (χ1) is 9.56. The highest BCUT2D eigenvalue weighted by molar-refractivity contribution is 5.84. The van der Waals surface area contributed by atoms with E-state index in [1.54, 1.807) is 0 Å². The van der Waals surface area contributed by atoms with E-state index in [4.69, 9.17) is 5.11 Å². The Morgan fingerprint density at radius 3 is 2.85 bits per heavy atom. The highest BCUT2D eigenvalue weighted by atomic mass is 16.6. The number of pyridine rings is 1. The molecule has 104 valence electrons. The second kappa shape index (κ2) is 5.73. The molecular formula is C10H10N6O4. The second-order valence-corrected chi connectivity index (χ2v) is 3.76. The van der Waals surface area contributed by atoms with Gasteiger partial charge in [-0.25, -0.2) is 14.5 Å². The molecule has 0 saturated carbocycles. The number of carboxylic acids is 1. The number of rotatable bonds is 6. The molecule has 0 saturated heterocycles. The number of anilines is 1. The highest BCUT2D eigenvalue weighted by Gasteiger charge is 2.08. The number of aromatic nitrogens is 4. The molecule has 0 radical (unpaired) electrons. The molecule has 0 amide bonds. The summed E-state index contributed by atoms with van der Waals surface area (Å²) in [6, 6.07) is 2.83. The van der Waals surface area contributed by atoms with Gasteiger partial charge in [-0.3, -0.25) is 10.1 Å². The van der Waals surface area contributed by atoms with E-state index in [0.29, 0.717) is 18.9 Å². The summed E-state index contributed by atoms with van der Waals surface area (Å²) in [5, 5.41) is 29.2. The van der Waals surface area contributed by atoms with Crippen LogP contribution in [-0.4, -0.2) is 42.5 Å². The predicted molar refractivity (Wildman–Crippen MR) is 66.4 cm³/mol. The Labute approximate surface area is 112 Å². The third-order valence-corrected chi connectivity index (χ3v) is 2.36. The van der Waals surface area contributed by atoms with Gasteiger partial charge in [-0.1, -0.05) is 5.21 Å². The molecule has 0 aliphatic rings. The van der Waals surface area contributed by atoms with E-state index < -0.39 is 10.9 Å². The molecule has 2 rings (SSSR count). The first-order valence-electron chi connectivity index (χ1n) is 5.54. The maximum absolute atomic E-state index is 10.6. The number of hydrogen-bond donors (Lipinski definition) is 2. The lowest BCUT2D eigenvalue weighted by atomic mass is 10.4. The highest BCUT2D eigenvalue weighted by Crippen LogP contribution is 2.11. The van der Waals surface area contributed by atoms with E-state index >= 15 is 0 Å². The summed E-state index contributed by atoms with van der Waals surface area (Å²) in [5.41, 5.74) is -0.212. The molecule has 2 aromatic heterocycles. The maximum atomic E-state index is 10.6. The summed E-state index contributed by atoms with van der Waals surface area (Å²) in [7, 11) is 0. The van der Waals surface area contributed by atoms with Crippen molar-refractivity contribution in [3.63, 3.8) is 0 Å². The van der Waals surface area contributed by atoms with Gasteiger partial charge in [-0.15, -0.1) is 5.10 Å². The Balaban J connectivity index is 1.85. The van der Waals surface area contributed by atoms with Crippen molar-refractivity contribution in [2.45, 2.75) is 6.54 Å². The Hall–Kier alpha value is -3.04. The van der Waals surface area contributed by atoms with Crippen LogP contribution in [0.4, 0.5) is 11.5 Å². The number of carboxylic acid groups (broad SMARTS) is 1. The van der Waals surface area contributed by atoms with Crippen LogP contribution in [0.2, 0.25) is 0 Å². The Morgan fingerprint density at radius 1 is 1.50 bits per heavy atom. The van der Waals surface area contributed by atoms with Gasteiger partial charge in [0.2, 0.25) is 0 Å². The summed E-state index contributed by atoms with van der Waals surface area (Å²) in [6.07, 6.45) is 2.47. The molecule has 0 unspecified atom stereocenters. The summed E-state index contributed by atoms with van der Waals surface area (Å²) in [6.45, 7) is 0.812. The average molecular weight is 278 g/mol. The van der Waals surface area contributed by atoms with E-state index in [9.17, 15) is 14.9 Å². The van der Waals surface area contributed by atoms with Crippen LogP contribution < -0.4 is 5.32 Å². The van der Waals surface area contributed by atoms with Crippen molar-refractivity contribution in [3.8, 4) is 0 Å². The number of nitro groups is 1. The molecule has 20 heavy (non-hydrogen) atoms. The fraction of sp³-hybridized carbons (Fsp3) is 0.200. The molecule has 0 bridgehead atoms. The molecule has 10 nitrogen and oxygen atoms in total. The zero-order valence-corrected chi connectivity index (χ0v) is 10.1. The van der Waals surface area contributed by atoms with E-state index in [0.717, 1.165) is 6.20 Å². The Bertz CT molecular complexity index is 623. The molecule has 0 spiro atoms. The first-order valence-corrected chi connectivity index (χ1v) is 5.54. The van der Waals surface area contributed by atoms with Crippen molar-refractivity contribution in [3.05, 3.63) is 40.3 Å². The van der Waals surface area contributed by atoms with Gasteiger partial charge < -0.3 is 10.4 Å². The summed E-state index contributed by atoms with van der Waals surface area (Å²) < 4.78 is 1.38. The normalized spacial score (nSPS) is 10.2. The monoisotopic (exact) mass is 278 g/mol. The fourth-order valence-corrected chi connectivity index (χ4v) is 1.40. The van der Waals surface area contributed by atoms with Crippen LogP contribution in [-0.2, 0) is 6.54 Å². The minimum Gasteiger partial charge on any atom is -0.476 e. The third-order valence-electron chi connectivity index (χ3n) is 2.36. The van der Waals surface area contributed by atoms with Crippen molar-refractivity contribution in [1.29, 1.82) is 0 Å². The number of carbonyl (C=O) groups is 1. The number of nitrogens with one attached hydrogen (secondary N) is 1. The first kappa shape index (κ1) is 13.4. The molecule has 10 heteroatoms. The zero-order chi connectivity index (χ0) is 14.5. The third kappa shape index (κ3) is 3.25. The summed E-state index contributed by atoms with van der Waals surface area (Å²) in [4.78, 5) is 24.4. The van der Waals surface area contributed by atoms with Gasteiger partial charge in [0.25, 0.3) is 5.69 Å². The lowest BCUT2D eigenvalue weighted by Crippen LogP contribution is -2.11. The number of hydrogen-bond acceptors (Lipinski definition) is 7. The Kier molecular flexibility index (Phi) is 3.84. The largest absolute Gasteiger partial charge is 0.476 e. The topological polar surface area (TPSA) is 136 Å². The maximum Gasteiger partial charge on any atom is 0.358 e. The minimum atomic E-state index is -1.14. The van der Waals surface area contributed by atoms with Crippen LogP contribution in [0.1, 0.15) is 10.5 Å². The Morgan fingerprint density at radius 2 is 2.30 bits per heavy atom. The lowest BCUT2D eigenvalue weighted by Gasteiger charge is -2.04. The predicted octanol–water partition coefficient (Wildman–Crippen LogP) is 0.392. The van der Waals surface area contributed by atoms with Crippen molar-refractivity contribution >= 4 is 17.5 Å². The fourth-order valence-electron chi connectivity index (χ4n) is 1.40. The molecule has 2 heterocycles. The van der Waals surface area contributed by atoms with Crippen molar-refractivity contribution in [1.82, 2.24) is 20.0 Å². The summed E-state index contributed by atoms with van der Waals surface area (Å²) in [5.74, 6) is -0.657. The minimum absolute atomic E-state index is 0.0853. The molecule has 0 aliphatic heterocycles. The van der Waals surface area contributed by atoms with Crippen LogP contribution in [0.15, 0.2) is 24.5 Å². The van der Waals surface area contributed by atoms with E-state index in [1.165, 1.54) is 23.0 Å². The van der Waals surface area contributed by atoms with Crippen LogP contribution in [0, 0.1) is 10.1 Å². The van der Waals surface area contributed by atoms with Gasteiger partial charge in [0.15, 0.2) is 5.69 Å². The van der Waals surface area contributed by atoms with Gasteiger partial charge in [0.05, 0.1) is 17.7 Å². The van der Waals surface area contributed by atoms with Crippen LogP contribution in [0.5, 0.6) is 0 Å². The van der Waals surface area contributed by atoms with E-state index in [2.05, 4.69) is 20.6 Å². The van der Waals surface area contributed by atoms with Crippen LogP contribution in [0.3, 0.4) is 0 Å². The molecular weight excluding hydrogens is 268 g/mol. The van der Waals surface area contributed by atoms with Gasteiger partial charge in [-0.05, 0) is 6.07 Å². The smallest absolute Gasteiger partial charge is 0.358 e. The SMILES string of the molecule is O=C(O)c1cn(CCNc2ccc([N+](=O)[O-])cn2)nn1. The average Bonchev–Trinajstić information content (AvgIpc) is 2.88. The van der Waals surface area contributed by atoms with Crippen molar-refractivity contribution in [2.24, 2.45) is 0 Å². The zero-order valence-electron chi connectivity index (χ0n) is 10.1. The van der Waals surface area contributed by atoms with Crippen molar-refractivity contribution in [2.75, 3.05) is 11.9 Å². The lowest BCUT2D eigenvalue weighted by molar-refractivity contribution is -0.385. The van der Waals surface area contributed by atoms with Gasteiger partial charge in [0.1, 0.15) is 12.0 Å².